The summed E-state index contributed by atoms with van der Waals surface area (Å²) in [6, 6.07) is 0. The second kappa shape index (κ2) is 5.72. The molecule has 2 atom stereocenters. The molecule has 0 radical (unpaired) electrons. The minimum Gasteiger partial charge on any atom is -0.393 e. The van der Waals surface area contributed by atoms with E-state index in [1.165, 1.54) is 77.0 Å². The topological polar surface area (TPSA) is 40.5 Å². The van der Waals surface area contributed by atoms with Gasteiger partial charge in [0.15, 0.2) is 0 Å². The van der Waals surface area contributed by atoms with Gasteiger partial charge in [-0.2, -0.15) is 0 Å². The Hall–Kier alpha value is -0.0800. The molecule has 0 heterocycles. The van der Waals surface area contributed by atoms with Crippen molar-refractivity contribution in [2.24, 2.45) is 46.3 Å². The summed E-state index contributed by atoms with van der Waals surface area (Å²) in [5.74, 6) is 5.44. The van der Waals surface area contributed by atoms with Gasteiger partial charge in [-0.15, -0.1) is 0 Å². The third-order valence-electron chi connectivity index (χ3n) is 10.3. The first-order valence-electron chi connectivity index (χ1n) is 11.9. The van der Waals surface area contributed by atoms with Crippen LogP contribution in [0.2, 0.25) is 0 Å². The van der Waals surface area contributed by atoms with E-state index in [1.807, 2.05) is 0 Å². The zero-order valence-electron chi connectivity index (χ0n) is 16.4. The zero-order valence-corrected chi connectivity index (χ0v) is 16.4. The molecule has 0 aromatic rings. The number of hydrogen-bond acceptors (Lipinski definition) is 2. The number of aliphatic hydroxyl groups excluding tert-OH is 2. The van der Waals surface area contributed by atoms with Crippen molar-refractivity contribution in [3.63, 3.8) is 0 Å². The maximum Gasteiger partial charge on any atom is 0.0597 e. The van der Waals surface area contributed by atoms with Crippen molar-refractivity contribution in [2.45, 2.75) is 102 Å². The Morgan fingerprint density at radius 2 is 0.731 bits per heavy atom. The van der Waals surface area contributed by atoms with Crippen LogP contribution >= 0.6 is 0 Å². The Balaban J connectivity index is 1.12. The molecule has 0 spiro atoms. The Kier molecular flexibility index (Phi) is 3.71. The van der Waals surface area contributed by atoms with Crippen LogP contribution in [0.5, 0.6) is 0 Å². The molecule has 0 saturated heterocycles. The van der Waals surface area contributed by atoms with Gasteiger partial charge in [-0.05, 0) is 136 Å². The monoisotopic (exact) mass is 358 g/mol. The third kappa shape index (κ3) is 2.50. The molecule has 2 N–H and O–H groups in total. The Morgan fingerprint density at radius 3 is 0.962 bits per heavy atom. The second-order valence-electron chi connectivity index (χ2n) is 12.2. The van der Waals surface area contributed by atoms with E-state index in [1.54, 1.807) is 0 Å². The van der Waals surface area contributed by atoms with Gasteiger partial charge in [0.05, 0.1) is 12.2 Å². The molecule has 8 saturated carbocycles. The highest BCUT2D eigenvalue weighted by molar-refractivity contribution is 5.06. The first kappa shape index (κ1) is 16.8. The van der Waals surface area contributed by atoms with Crippen molar-refractivity contribution in [3.8, 4) is 0 Å². The van der Waals surface area contributed by atoms with Crippen molar-refractivity contribution in [1.29, 1.82) is 0 Å². The van der Waals surface area contributed by atoms with Crippen LogP contribution in [0.15, 0.2) is 0 Å². The van der Waals surface area contributed by atoms with Crippen molar-refractivity contribution in [1.82, 2.24) is 0 Å². The largest absolute Gasteiger partial charge is 0.393 e. The van der Waals surface area contributed by atoms with E-state index >= 15 is 0 Å². The van der Waals surface area contributed by atoms with Crippen LogP contribution in [0.1, 0.15) is 89.9 Å². The summed E-state index contributed by atoms with van der Waals surface area (Å²) in [6.45, 7) is 0. The zero-order chi connectivity index (χ0) is 17.5. The van der Waals surface area contributed by atoms with Crippen LogP contribution < -0.4 is 0 Å². The maximum atomic E-state index is 11.2. The third-order valence-corrected chi connectivity index (χ3v) is 10.3. The van der Waals surface area contributed by atoms with E-state index in [4.69, 9.17) is 0 Å². The molecule has 0 aromatic carbocycles. The standard InChI is InChI=1S/C24H38O2/c25-21(23-9-15-3-16(10-23)5-17(4-15)11-23)1-2-22(26)24-12-18-6-19(13-24)8-20(7-18)14-24/h15-22,25-26H,1-14H2. The van der Waals surface area contributed by atoms with E-state index in [0.29, 0.717) is 0 Å². The van der Waals surface area contributed by atoms with Crippen LogP contribution in [0, 0.1) is 46.3 Å². The van der Waals surface area contributed by atoms with Gasteiger partial charge < -0.3 is 10.2 Å². The van der Waals surface area contributed by atoms with Crippen LogP contribution in [0.4, 0.5) is 0 Å². The summed E-state index contributed by atoms with van der Waals surface area (Å²) >= 11 is 0. The molecule has 8 aliphatic rings. The van der Waals surface area contributed by atoms with Crippen LogP contribution in [0.25, 0.3) is 0 Å². The lowest BCUT2D eigenvalue weighted by Crippen LogP contribution is -2.53. The summed E-state index contributed by atoms with van der Waals surface area (Å²) in [6.07, 6.45) is 17.8. The molecule has 26 heavy (non-hydrogen) atoms. The van der Waals surface area contributed by atoms with Crippen LogP contribution in [0.3, 0.4) is 0 Å². The van der Waals surface area contributed by atoms with Crippen molar-refractivity contribution in [3.05, 3.63) is 0 Å². The average molecular weight is 359 g/mol. The smallest absolute Gasteiger partial charge is 0.0597 e. The molecule has 146 valence electrons. The van der Waals surface area contributed by atoms with E-state index in [0.717, 1.165) is 48.3 Å². The Labute approximate surface area is 159 Å². The molecule has 8 aliphatic carbocycles. The quantitative estimate of drug-likeness (QED) is 0.732. The molecule has 8 bridgehead atoms. The number of aliphatic hydroxyl groups is 2. The normalized spacial score (nSPS) is 56.1. The number of rotatable bonds is 5. The van der Waals surface area contributed by atoms with E-state index in [-0.39, 0.29) is 23.0 Å². The highest BCUT2D eigenvalue weighted by atomic mass is 16.3. The number of hydrogen-bond donors (Lipinski definition) is 2. The van der Waals surface area contributed by atoms with Gasteiger partial charge in [-0.3, -0.25) is 0 Å². The van der Waals surface area contributed by atoms with Crippen LogP contribution in [-0.4, -0.2) is 22.4 Å². The fourth-order valence-electron chi connectivity index (χ4n) is 10.1. The SMILES string of the molecule is OC(CCC(O)C12CC3CC(CC(C3)C1)C2)C12CC3CC(CC(C3)C1)C2. The molecule has 2 unspecified atom stereocenters. The van der Waals surface area contributed by atoms with E-state index in [2.05, 4.69) is 0 Å². The molecule has 2 nitrogen and oxygen atoms in total. The second-order valence-corrected chi connectivity index (χ2v) is 12.2. The Bertz CT molecular complexity index is 446. The van der Waals surface area contributed by atoms with Crippen molar-refractivity contribution < 1.29 is 10.2 Å². The van der Waals surface area contributed by atoms with Gasteiger partial charge in [0, 0.05) is 0 Å². The summed E-state index contributed by atoms with van der Waals surface area (Å²) < 4.78 is 0. The molecule has 2 heteroatoms. The summed E-state index contributed by atoms with van der Waals surface area (Å²) in [4.78, 5) is 0. The average Bonchev–Trinajstić information content (AvgIpc) is 2.57. The van der Waals surface area contributed by atoms with E-state index < -0.39 is 0 Å². The highest BCUT2D eigenvalue weighted by Gasteiger charge is 2.56. The molecular formula is C24H38O2. The summed E-state index contributed by atoms with van der Waals surface area (Å²) in [7, 11) is 0. The van der Waals surface area contributed by atoms with Gasteiger partial charge in [0.25, 0.3) is 0 Å². The Morgan fingerprint density at radius 1 is 0.500 bits per heavy atom. The molecule has 8 rings (SSSR count). The van der Waals surface area contributed by atoms with Gasteiger partial charge in [-0.25, -0.2) is 0 Å². The van der Waals surface area contributed by atoms with Gasteiger partial charge in [-0.1, -0.05) is 0 Å². The lowest BCUT2D eigenvalue weighted by molar-refractivity contribution is -0.140. The molecule has 0 aromatic heterocycles. The first-order valence-corrected chi connectivity index (χ1v) is 11.9. The van der Waals surface area contributed by atoms with Gasteiger partial charge >= 0.3 is 0 Å². The predicted molar refractivity (Wildman–Crippen MR) is 102 cm³/mol. The van der Waals surface area contributed by atoms with Crippen molar-refractivity contribution >= 4 is 0 Å². The maximum absolute atomic E-state index is 11.2. The fourth-order valence-corrected chi connectivity index (χ4v) is 10.1. The summed E-state index contributed by atoms with van der Waals surface area (Å²) in [5, 5.41) is 22.5. The minimum atomic E-state index is -0.153. The first-order chi connectivity index (χ1) is 12.5. The minimum absolute atomic E-state index is 0.153. The lowest BCUT2D eigenvalue weighted by Gasteiger charge is -2.59. The van der Waals surface area contributed by atoms with E-state index in [9.17, 15) is 10.2 Å². The van der Waals surface area contributed by atoms with Gasteiger partial charge in [0.1, 0.15) is 0 Å². The predicted octanol–water partition coefficient (Wildman–Crippen LogP) is 4.92. The molecular weight excluding hydrogens is 320 g/mol. The molecule has 8 fully saturated rings. The van der Waals surface area contributed by atoms with Crippen molar-refractivity contribution in [2.75, 3.05) is 0 Å². The van der Waals surface area contributed by atoms with Crippen LogP contribution in [-0.2, 0) is 0 Å². The molecule has 0 aliphatic heterocycles. The lowest BCUT2D eigenvalue weighted by atomic mass is 9.47. The highest BCUT2D eigenvalue weighted by Crippen LogP contribution is 2.63. The molecule has 0 amide bonds. The fraction of sp³-hybridized carbons (Fsp3) is 1.00. The summed E-state index contributed by atoms with van der Waals surface area (Å²) in [5.41, 5.74) is 0.464. The van der Waals surface area contributed by atoms with Gasteiger partial charge in [0.2, 0.25) is 0 Å².